The van der Waals surface area contributed by atoms with E-state index in [-0.39, 0.29) is 12.0 Å². The minimum absolute atomic E-state index is 0.132. The Balaban J connectivity index is 1.97. The van der Waals surface area contributed by atoms with Crippen molar-refractivity contribution in [2.45, 2.75) is 25.4 Å². The van der Waals surface area contributed by atoms with E-state index in [0.29, 0.717) is 17.9 Å². The number of halogens is 1. The fourth-order valence-electron chi connectivity index (χ4n) is 2.08. The lowest BCUT2D eigenvalue weighted by atomic mass is 10.1. The summed E-state index contributed by atoms with van der Waals surface area (Å²) in [7, 11) is 1.75. The SMILES string of the molecule is CNc1ncc(Br)cc1C(=O)NCC1CCCCO1. The molecule has 1 unspecified atom stereocenters. The molecule has 2 heterocycles. The second-order valence-electron chi connectivity index (χ2n) is 4.50. The summed E-state index contributed by atoms with van der Waals surface area (Å²) in [4.78, 5) is 16.3. The number of carbonyl (C=O) groups is 1. The Morgan fingerprint density at radius 2 is 2.42 bits per heavy atom. The van der Waals surface area contributed by atoms with Gasteiger partial charge in [-0.3, -0.25) is 4.79 Å². The molecule has 0 aromatic carbocycles. The third-order valence-corrected chi connectivity index (χ3v) is 3.53. The molecule has 5 nitrogen and oxygen atoms in total. The molecular formula is C13H18BrN3O2. The zero-order valence-corrected chi connectivity index (χ0v) is 12.5. The van der Waals surface area contributed by atoms with Crippen molar-refractivity contribution in [2.75, 3.05) is 25.5 Å². The monoisotopic (exact) mass is 327 g/mol. The molecule has 1 fully saturated rings. The van der Waals surface area contributed by atoms with Crippen molar-refractivity contribution in [1.82, 2.24) is 10.3 Å². The van der Waals surface area contributed by atoms with Gasteiger partial charge in [0.25, 0.3) is 5.91 Å². The van der Waals surface area contributed by atoms with E-state index >= 15 is 0 Å². The van der Waals surface area contributed by atoms with E-state index in [1.165, 1.54) is 6.42 Å². The zero-order valence-electron chi connectivity index (χ0n) is 10.9. The predicted molar refractivity (Wildman–Crippen MR) is 77.4 cm³/mol. The number of carbonyl (C=O) groups excluding carboxylic acids is 1. The summed E-state index contributed by atoms with van der Waals surface area (Å²) < 4.78 is 6.37. The van der Waals surface area contributed by atoms with Gasteiger partial charge in [0.1, 0.15) is 5.82 Å². The second kappa shape index (κ2) is 6.86. The first kappa shape index (κ1) is 14.3. The van der Waals surface area contributed by atoms with E-state index in [9.17, 15) is 4.79 Å². The number of nitrogens with one attached hydrogen (secondary N) is 2. The molecule has 1 saturated heterocycles. The lowest BCUT2D eigenvalue weighted by molar-refractivity contribution is 0.0169. The number of aromatic nitrogens is 1. The summed E-state index contributed by atoms with van der Waals surface area (Å²) in [6, 6.07) is 1.76. The lowest BCUT2D eigenvalue weighted by Crippen LogP contribution is -2.35. The molecule has 0 spiro atoms. The minimum Gasteiger partial charge on any atom is -0.376 e. The lowest BCUT2D eigenvalue weighted by Gasteiger charge is -2.22. The Kier molecular flexibility index (Phi) is 5.15. The maximum Gasteiger partial charge on any atom is 0.255 e. The van der Waals surface area contributed by atoms with Gasteiger partial charge in [0.2, 0.25) is 0 Å². The standard InChI is InChI=1S/C13H18BrN3O2/c1-15-12-11(6-9(14)7-16-12)13(18)17-8-10-4-2-3-5-19-10/h6-7,10H,2-5,8H2,1H3,(H,15,16)(H,17,18). The van der Waals surface area contributed by atoms with Crippen molar-refractivity contribution in [3.63, 3.8) is 0 Å². The van der Waals surface area contributed by atoms with E-state index in [4.69, 9.17) is 4.74 Å². The van der Waals surface area contributed by atoms with Crippen LogP contribution in [0.5, 0.6) is 0 Å². The van der Waals surface area contributed by atoms with Gasteiger partial charge < -0.3 is 15.4 Å². The van der Waals surface area contributed by atoms with Gasteiger partial charge in [-0.05, 0) is 41.3 Å². The molecule has 1 aliphatic rings. The molecule has 0 bridgehead atoms. The maximum atomic E-state index is 12.2. The first-order valence-corrected chi connectivity index (χ1v) is 7.23. The maximum absolute atomic E-state index is 12.2. The van der Waals surface area contributed by atoms with Gasteiger partial charge in [0.15, 0.2) is 0 Å². The third-order valence-electron chi connectivity index (χ3n) is 3.10. The summed E-state index contributed by atoms with van der Waals surface area (Å²) >= 11 is 3.33. The normalized spacial score (nSPS) is 18.9. The highest BCUT2D eigenvalue weighted by Crippen LogP contribution is 2.18. The molecule has 1 aliphatic heterocycles. The van der Waals surface area contributed by atoms with Crippen LogP contribution in [0.15, 0.2) is 16.7 Å². The Morgan fingerprint density at radius 1 is 1.58 bits per heavy atom. The van der Waals surface area contributed by atoms with Gasteiger partial charge in [-0.25, -0.2) is 4.98 Å². The van der Waals surface area contributed by atoms with Crippen LogP contribution in [-0.4, -0.2) is 37.2 Å². The number of pyridine rings is 1. The van der Waals surface area contributed by atoms with E-state index < -0.39 is 0 Å². The molecule has 2 N–H and O–H groups in total. The summed E-state index contributed by atoms with van der Waals surface area (Å²) in [5.74, 6) is 0.442. The van der Waals surface area contributed by atoms with Crippen LogP contribution in [-0.2, 0) is 4.74 Å². The quantitative estimate of drug-likeness (QED) is 0.889. The highest BCUT2D eigenvalue weighted by molar-refractivity contribution is 9.10. The van der Waals surface area contributed by atoms with Crippen LogP contribution in [0, 0.1) is 0 Å². The molecule has 19 heavy (non-hydrogen) atoms. The van der Waals surface area contributed by atoms with Crippen LogP contribution in [0.4, 0.5) is 5.82 Å². The summed E-state index contributed by atoms with van der Waals surface area (Å²) in [5, 5.41) is 5.82. The first-order chi connectivity index (χ1) is 9.20. The average Bonchev–Trinajstić information content (AvgIpc) is 2.46. The first-order valence-electron chi connectivity index (χ1n) is 6.44. The number of ether oxygens (including phenoxy) is 1. The average molecular weight is 328 g/mol. The molecular weight excluding hydrogens is 310 g/mol. The van der Waals surface area contributed by atoms with E-state index in [1.807, 2.05) is 0 Å². The number of rotatable bonds is 4. The van der Waals surface area contributed by atoms with Crippen LogP contribution in [0.1, 0.15) is 29.6 Å². The number of amides is 1. The molecule has 1 amide bonds. The van der Waals surface area contributed by atoms with Crippen molar-refractivity contribution < 1.29 is 9.53 Å². The molecule has 104 valence electrons. The molecule has 1 aromatic heterocycles. The van der Waals surface area contributed by atoms with Crippen molar-refractivity contribution in [3.05, 3.63) is 22.3 Å². The smallest absolute Gasteiger partial charge is 0.255 e. The Morgan fingerprint density at radius 3 is 3.11 bits per heavy atom. The molecule has 1 aromatic rings. The fraction of sp³-hybridized carbons (Fsp3) is 0.538. The fourth-order valence-corrected chi connectivity index (χ4v) is 2.41. The molecule has 1 atom stereocenters. The van der Waals surface area contributed by atoms with Gasteiger partial charge in [-0.2, -0.15) is 0 Å². The van der Waals surface area contributed by atoms with E-state index in [1.54, 1.807) is 19.3 Å². The topological polar surface area (TPSA) is 63.2 Å². The number of hydrogen-bond acceptors (Lipinski definition) is 4. The zero-order chi connectivity index (χ0) is 13.7. The van der Waals surface area contributed by atoms with Crippen molar-refractivity contribution >= 4 is 27.7 Å². The largest absolute Gasteiger partial charge is 0.376 e. The van der Waals surface area contributed by atoms with Crippen LogP contribution in [0.3, 0.4) is 0 Å². The molecule has 2 rings (SSSR count). The van der Waals surface area contributed by atoms with Crippen molar-refractivity contribution in [1.29, 1.82) is 0 Å². The number of anilines is 1. The van der Waals surface area contributed by atoms with Crippen LogP contribution < -0.4 is 10.6 Å². The van der Waals surface area contributed by atoms with Gasteiger partial charge in [-0.15, -0.1) is 0 Å². The highest BCUT2D eigenvalue weighted by Gasteiger charge is 2.17. The third kappa shape index (κ3) is 3.91. The van der Waals surface area contributed by atoms with Crippen molar-refractivity contribution in [2.24, 2.45) is 0 Å². The highest BCUT2D eigenvalue weighted by atomic mass is 79.9. The van der Waals surface area contributed by atoms with E-state index in [2.05, 4.69) is 31.5 Å². The van der Waals surface area contributed by atoms with E-state index in [0.717, 1.165) is 23.9 Å². The molecule has 0 saturated carbocycles. The second-order valence-corrected chi connectivity index (χ2v) is 5.41. The Labute approximate surface area is 121 Å². The van der Waals surface area contributed by atoms with Gasteiger partial charge >= 0.3 is 0 Å². The number of hydrogen-bond donors (Lipinski definition) is 2. The van der Waals surface area contributed by atoms with Gasteiger partial charge in [-0.1, -0.05) is 0 Å². The van der Waals surface area contributed by atoms with Gasteiger partial charge in [0, 0.05) is 30.9 Å². The minimum atomic E-state index is -0.132. The Bertz CT molecular complexity index is 448. The van der Waals surface area contributed by atoms with Crippen molar-refractivity contribution in [3.8, 4) is 0 Å². The summed E-state index contributed by atoms with van der Waals surface area (Å²) in [6.07, 6.45) is 5.09. The summed E-state index contributed by atoms with van der Waals surface area (Å²) in [5.41, 5.74) is 0.535. The predicted octanol–water partition coefficient (Wildman–Crippen LogP) is 2.18. The molecule has 0 aliphatic carbocycles. The Hall–Kier alpha value is -1.14. The number of nitrogens with zero attached hydrogens (tertiary/aromatic N) is 1. The van der Waals surface area contributed by atoms with Crippen LogP contribution >= 0.6 is 15.9 Å². The van der Waals surface area contributed by atoms with Crippen LogP contribution in [0.2, 0.25) is 0 Å². The van der Waals surface area contributed by atoms with Crippen LogP contribution in [0.25, 0.3) is 0 Å². The van der Waals surface area contributed by atoms with Gasteiger partial charge in [0.05, 0.1) is 11.7 Å². The molecule has 6 heteroatoms. The molecule has 0 radical (unpaired) electrons. The summed E-state index contributed by atoms with van der Waals surface area (Å²) in [6.45, 7) is 1.34.